The van der Waals surface area contributed by atoms with Crippen LogP contribution in [0.1, 0.15) is 0 Å². The molecule has 2 aromatic rings. The van der Waals surface area contributed by atoms with Gasteiger partial charge < -0.3 is 0 Å². The topological polar surface area (TPSA) is 46.2 Å². The standard InChI is InChI=1S/C15H14BrNO2S2/c1-2-10-20-15-9-4-3-8-14(15)17-21(18,19)13-7-5-6-12(16)11-13/h2-9,11,17H,1,10H2. The van der Waals surface area contributed by atoms with E-state index in [9.17, 15) is 8.42 Å². The van der Waals surface area contributed by atoms with E-state index < -0.39 is 10.0 Å². The van der Waals surface area contributed by atoms with Crippen LogP contribution < -0.4 is 4.72 Å². The van der Waals surface area contributed by atoms with E-state index in [1.165, 1.54) is 11.8 Å². The molecule has 6 heteroatoms. The van der Waals surface area contributed by atoms with E-state index in [-0.39, 0.29) is 4.90 Å². The van der Waals surface area contributed by atoms with Crippen molar-refractivity contribution in [3.63, 3.8) is 0 Å². The molecule has 0 aliphatic rings. The largest absolute Gasteiger partial charge is 0.278 e. The van der Waals surface area contributed by atoms with Crippen molar-refractivity contribution in [2.45, 2.75) is 9.79 Å². The van der Waals surface area contributed by atoms with Crippen molar-refractivity contribution in [1.29, 1.82) is 0 Å². The van der Waals surface area contributed by atoms with E-state index in [0.717, 1.165) is 15.1 Å². The second-order valence-electron chi connectivity index (χ2n) is 4.16. The Kier molecular flexibility index (Phi) is 5.50. The molecular weight excluding hydrogens is 370 g/mol. The van der Waals surface area contributed by atoms with Gasteiger partial charge in [-0.2, -0.15) is 0 Å². The van der Waals surface area contributed by atoms with Crippen molar-refractivity contribution in [2.24, 2.45) is 0 Å². The highest BCUT2D eigenvalue weighted by Crippen LogP contribution is 2.29. The van der Waals surface area contributed by atoms with Gasteiger partial charge in [-0.25, -0.2) is 8.42 Å². The molecule has 0 aliphatic heterocycles. The Morgan fingerprint density at radius 3 is 2.67 bits per heavy atom. The van der Waals surface area contributed by atoms with E-state index in [1.54, 1.807) is 42.5 Å². The number of hydrogen-bond acceptors (Lipinski definition) is 3. The highest BCUT2D eigenvalue weighted by Gasteiger charge is 2.16. The lowest BCUT2D eigenvalue weighted by Crippen LogP contribution is -2.13. The van der Waals surface area contributed by atoms with E-state index in [0.29, 0.717) is 5.69 Å². The molecule has 21 heavy (non-hydrogen) atoms. The van der Waals surface area contributed by atoms with Crippen LogP contribution in [0.15, 0.2) is 75.4 Å². The Morgan fingerprint density at radius 1 is 1.19 bits per heavy atom. The number of halogens is 1. The third-order valence-electron chi connectivity index (χ3n) is 2.59. The molecule has 0 radical (unpaired) electrons. The van der Waals surface area contributed by atoms with E-state index in [1.807, 2.05) is 12.1 Å². The quantitative estimate of drug-likeness (QED) is 0.588. The van der Waals surface area contributed by atoms with Crippen molar-refractivity contribution in [3.8, 4) is 0 Å². The average molecular weight is 384 g/mol. The minimum atomic E-state index is -3.60. The molecule has 0 heterocycles. The van der Waals surface area contributed by atoms with Gasteiger partial charge in [0.1, 0.15) is 0 Å². The molecule has 0 aliphatic carbocycles. The zero-order chi connectivity index (χ0) is 15.3. The number of para-hydroxylation sites is 1. The minimum Gasteiger partial charge on any atom is -0.278 e. The Morgan fingerprint density at radius 2 is 1.95 bits per heavy atom. The average Bonchev–Trinajstić information content (AvgIpc) is 2.46. The summed E-state index contributed by atoms with van der Waals surface area (Å²) in [5.41, 5.74) is 0.573. The fourth-order valence-electron chi connectivity index (χ4n) is 1.66. The third kappa shape index (κ3) is 4.36. The number of hydrogen-bond donors (Lipinski definition) is 1. The Hall–Kier alpha value is -1.24. The summed E-state index contributed by atoms with van der Waals surface area (Å²) in [6.07, 6.45) is 1.78. The van der Waals surface area contributed by atoms with Crippen LogP contribution in [-0.4, -0.2) is 14.2 Å². The van der Waals surface area contributed by atoms with E-state index >= 15 is 0 Å². The molecular formula is C15H14BrNO2S2. The lowest BCUT2D eigenvalue weighted by Gasteiger charge is -2.12. The first-order chi connectivity index (χ1) is 10.0. The van der Waals surface area contributed by atoms with Gasteiger partial charge in [0, 0.05) is 15.1 Å². The Bertz CT molecular complexity index is 745. The summed E-state index contributed by atoms with van der Waals surface area (Å²) in [7, 11) is -3.60. The molecule has 0 saturated heterocycles. The molecule has 3 nitrogen and oxygen atoms in total. The third-order valence-corrected chi connectivity index (χ3v) is 5.52. The molecule has 0 atom stereocenters. The Labute approximate surface area is 137 Å². The molecule has 110 valence electrons. The van der Waals surface area contributed by atoms with Crippen LogP contribution in [0.4, 0.5) is 5.69 Å². The van der Waals surface area contributed by atoms with Crippen LogP contribution in [0, 0.1) is 0 Å². The van der Waals surface area contributed by atoms with Crippen molar-refractivity contribution >= 4 is 43.4 Å². The SMILES string of the molecule is C=CCSc1ccccc1NS(=O)(=O)c1cccc(Br)c1. The van der Waals surface area contributed by atoms with Crippen LogP contribution in [0.3, 0.4) is 0 Å². The monoisotopic (exact) mass is 383 g/mol. The van der Waals surface area contributed by atoms with Crippen molar-refractivity contribution in [1.82, 2.24) is 0 Å². The summed E-state index contributed by atoms with van der Waals surface area (Å²) in [5.74, 6) is 0.718. The predicted molar refractivity (Wildman–Crippen MR) is 92.3 cm³/mol. The van der Waals surface area contributed by atoms with Gasteiger partial charge in [0.15, 0.2) is 0 Å². The first-order valence-electron chi connectivity index (χ1n) is 6.14. The maximum absolute atomic E-state index is 12.4. The lowest BCUT2D eigenvalue weighted by atomic mass is 10.3. The summed E-state index contributed by atoms with van der Waals surface area (Å²) >= 11 is 4.81. The highest BCUT2D eigenvalue weighted by atomic mass is 79.9. The van der Waals surface area contributed by atoms with Crippen molar-refractivity contribution in [3.05, 3.63) is 65.7 Å². The summed E-state index contributed by atoms with van der Waals surface area (Å²) in [5, 5.41) is 0. The summed E-state index contributed by atoms with van der Waals surface area (Å²) < 4.78 is 28.2. The summed E-state index contributed by atoms with van der Waals surface area (Å²) in [4.78, 5) is 1.09. The van der Waals surface area contributed by atoms with Gasteiger partial charge in [0.2, 0.25) is 0 Å². The lowest BCUT2D eigenvalue weighted by molar-refractivity contribution is 0.601. The fourth-order valence-corrected chi connectivity index (χ4v) is 4.15. The summed E-state index contributed by atoms with van der Waals surface area (Å²) in [6, 6.07) is 13.9. The number of anilines is 1. The Balaban J connectivity index is 2.30. The maximum Gasteiger partial charge on any atom is 0.261 e. The number of thioether (sulfide) groups is 1. The van der Waals surface area contributed by atoms with Gasteiger partial charge >= 0.3 is 0 Å². The number of benzene rings is 2. The van der Waals surface area contributed by atoms with E-state index in [2.05, 4.69) is 27.2 Å². The zero-order valence-electron chi connectivity index (χ0n) is 11.1. The molecule has 2 rings (SSSR count). The predicted octanol–water partition coefficient (Wildman–Crippen LogP) is 4.53. The molecule has 0 amide bonds. The smallest absolute Gasteiger partial charge is 0.261 e. The second kappa shape index (κ2) is 7.15. The number of nitrogens with one attached hydrogen (secondary N) is 1. The van der Waals surface area contributed by atoms with Crippen LogP contribution in [0.5, 0.6) is 0 Å². The summed E-state index contributed by atoms with van der Waals surface area (Å²) in [6.45, 7) is 3.67. The molecule has 0 spiro atoms. The molecule has 0 fully saturated rings. The van der Waals surface area contributed by atoms with Crippen molar-refractivity contribution in [2.75, 3.05) is 10.5 Å². The van der Waals surface area contributed by atoms with Crippen LogP contribution >= 0.6 is 27.7 Å². The van der Waals surface area contributed by atoms with Crippen LogP contribution in [0.2, 0.25) is 0 Å². The molecule has 0 saturated carbocycles. The van der Waals surface area contributed by atoms with Crippen LogP contribution in [-0.2, 0) is 10.0 Å². The number of rotatable bonds is 6. The van der Waals surface area contributed by atoms with Gasteiger partial charge in [0.05, 0.1) is 10.6 Å². The fraction of sp³-hybridized carbons (Fsp3) is 0.0667. The minimum absolute atomic E-state index is 0.223. The van der Waals surface area contributed by atoms with Gasteiger partial charge in [0.25, 0.3) is 10.0 Å². The first kappa shape index (κ1) is 16.1. The molecule has 0 unspecified atom stereocenters. The van der Waals surface area contributed by atoms with Gasteiger partial charge in [-0.05, 0) is 30.3 Å². The maximum atomic E-state index is 12.4. The molecule has 0 bridgehead atoms. The van der Waals surface area contributed by atoms with Gasteiger partial charge in [-0.3, -0.25) is 4.72 Å². The zero-order valence-corrected chi connectivity index (χ0v) is 14.3. The van der Waals surface area contributed by atoms with E-state index in [4.69, 9.17) is 0 Å². The number of sulfonamides is 1. The first-order valence-corrected chi connectivity index (χ1v) is 9.40. The van der Waals surface area contributed by atoms with Gasteiger partial charge in [-0.15, -0.1) is 18.3 Å². The molecule has 1 N–H and O–H groups in total. The van der Waals surface area contributed by atoms with Crippen LogP contribution in [0.25, 0.3) is 0 Å². The van der Waals surface area contributed by atoms with Gasteiger partial charge in [-0.1, -0.05) is 40.2 Å². The normalized spacial score (nSPS) is 11.1. The van der Waals surface area contributed by atoms with Crippen molar-refractivity contribution < 1.29 is 8.42 Å². The highest BCUT2D eigenvalue weighted by molar-refractivity contribution is 9.10. The molecule has 0 aromatic heterocycles. The second-order valence-corrected chi connectivity index (χ2v) is 7.82. The molecule has 2 aromatic carbocycles.